The first-order chi connectivity index (χ1) is 14.8. The zero-order valence-electron chi connectivity index (χ0n) is 17.8. The fourth-order valence-electron chi connectivity index (χ4n) is 3.60. The number of nitrogens with zero attached hydrogens (tertiary/aromatic N) is 3. The maximum atomic E-state index is 13.1. The number of carbonyl (C=O) groups is 3. The van der Waals surface area contributed by atoms with Gasteiger partial charge in [0.15, 0.2) is 0 Å². The number of imide groups is 2. The monoisotopic (exact) mass is 414 g/mol. The van der Waals surface area contributed by atoms with E-state index in [9.17, 15) is 14.4 Å². The summed E-state index contributed by atoms with van der Waals surface area (Å²) in [6, 6.07) is 14.1. The lowest BCUT2D eigenvalue weighted by Crippen LogP contribution is -2.54. The maximum absolute atomic E-state index is 13.1. The van der Waals surface area contributed by atoms with E-state index in [2.05, 4.69) is 10.4 Å². The first-order valence-corrected chi connectivity index (χ1v) is 9.87. The molecule has 0 unspecified atom stereocenters. The largest absolute Gasteiger partial charge is 0.335 e. The quantitative estimate of drug-likeness (QED) is 0.522. The van der Waals surface area contributed by atoms with E-state index in [1.807, 2.05) is 58.0 Å². The Labute approximate surface area is 180 Å². The molecule has 1 N–H and O–H groups in total. The number of amides is 4. The average molecular weight is 414 g/mol. The molecule has 31 heavy (non-hydrogen) atoms. The van der Waals surface area contributed by atoms with Crippen molar-refractivity contribution < 1.29 is 14.4 Å². The molecule has 4 amide bonds. The van der Waals surface area contributed by atoms with Crippen LogP contribution < -0.4 is 10.2 Å². The number of nitrogens with one attached hydrogen (secondary N) is 1. The minimum Gasteiger partial charge on any atom is -0.273 e. The van der Waals surface area contributed by atoms with Gasteiger partial charge >= 0.3 is 6.03 Å². The summed E-state index contributed by atoms with van der Waals surface area (Å²) in [5.74, 6) is -1.39. The smallest absolute Gasteiger partial charge is 0.273 e. The summed E-state index contributed by atoms with van der Waals surface area (Å²) >= 11 is 0. The van der Waals surface area contributed by atoms with Gasteiger partial charge in [0.05, 0.1) is 17.1 Å². The highest BCUT2D eigenvalue weighted by Crippen LogP contribution is 2.25. The maximum Gasteiger partial charge on any atom is 0.335 e. The van der Waals surface area contributed by atoms with E-state index in [0.717, 1.165) is 27.4 Å². The SMILES string of the molecule is Cc1ccc(-n2nc(C)c(/C=C3\C(=O)NC(=O)N(c4cccc(C)c4)C3=O)c2C)cc1. The third-order valence-corrected chi connectivity index (χ3v) is 5.28. The molecule has 3 aromatic rings. The van der Waals surface area contributed by atoms with Gasteiger partial charge in [0.2, 0.25) is 0 Å². The van der Waals surface area contributed by atoms with Crippen molar-refractivity contribution in [3.05, 3.63) is 82.2 Å². The lowest BCUT2D eigenvalue weighted by molar-refractivity contribution is -0.122. The van der Waals surface area contributed by atoms with E-state index in [-0.39, 0.29) is 5.57 Å². The second-order valence-corrected chi connectivity index (χ2v) is 7.63. The van der Waals surface area contributed by atoms with Crippen molar-refractivity contribution in [2.45, 2.75) is 27.7 Å². The molecule has 0 saturated carbocycles. The van der Waals surface area contributed by atoms with E-state index in [1.54, 1.807) is 22.9 Å². The molecule has 1 aromatic heterocycles. The van der Waals surface area contributed by atoms with E-state index < -0.39 is 17.8 Å². The van der Waals surface area contributed by atoms with Gasteiger partial charge in [-0.2, -0.15) is 5.10 Å². The van der Waals surface area contributed by atoms with Gasteiger partial charge in [0.25, 0.3) is 11.8 Å². The summed E-state index contributed by atoms with van der Waals surface area (Å²) in [5.41, 5.74) is 5.33. The number of benzene rings is 2. The molecule has 4 rings (SSSR count). The van der Waals surface area contributed by atoms with Crippen LogP contribution in [0.3, 0.4) is 0 Å². The molecular weight excluding hydrogens is 392 g/mol. The van der Waals surface area contributed by atoms with Gasteiger partial charge in [-0.3, -0.25) is 14.9 Å². The number of urea groups is 1. The van der Waals surface area contributed by atoms with Gasteiger partial charge in [0.1, 0.15) is 5.57 Å². The molecule has 0 aliphatic carbocycles. The van der Waals surface area contributed by atoms with Gasteiger partial charge in [-0.1, -0.05) is 29.8 Å². The minimum absolute atomic E-state index is 0.115. The van der Waals surface area contributed by atoms with Crippen molar-refractivity contribution in [1.29, 1.82) is 0 Å². The van der Waals surface area contributed by atoms with Crippen LogP contribution >= 0.6 is 0 Å². The van der Waals surface area contributed by atoms with Crippen molar-refractivity contribution in [1.82, 2.24) is 15.1 Å². The van der Waals surface area contributed by atoms with Crippen molar-refractivity contribution in [3.63, 3.8) is 0 Å². The fourth-order valence-corrected chi connectivity index (χ4v) is 3.60. The Bertz CT molecular complexity index is 1250. The number of barbiturate groups is 1. The van der Waals surface area contributed by atoms with Crippen molar-refractivity contribution in [3.8, 4) is 5.69 Å². The predicted octanol–water partition coefficient (Wildman–Crippen LogP) is 3.77. The van der Waals surface area contributed by atoms with E-state index in [0.29, 0.717) is 16.9 Å². The molecular formula is C24H22N4O3. The third kappa shape index (κ3) is 3.66. The third-order valence-electron chi connectivity index (χ3n) is 5.28. The van der Waals surface area contributed by atoms with Crippen LogP contribution in [0.2, 0.25) is 0 Å². The summed E-state index contributed by atoms with van der Waals surface area (Å²) in [6.45, 7) is 7.57. The molecule has 1 saturated heterocycles. The fraction of sp³-hybridized carbons (Fsp3) is 0.167. The van der Waals surface area contributed by atoms with Gasteiger partial charge < -0.3 is 0 Å². The first-order valence-electron chi connectivity index (χ1n) is 9.87. The zero-order chi connectivity index (χ0) is 22.3. The van der Waals surface area contributed by atoms with Crippen molar-refractivity contribution in [2.24, 2.45) is 0 Å². The van der Waals surface area contributed by atoms with Crippen LogP contribution in [-0.2, 0) is 9.59 Å². The molecule has 2 aromatic carbocycles. The summed E-state index contributed by atoms with van der Waals surface area (Å²) in [7, 11) is 0. The van der Waals surface area contributed by atoms with Crippen molar-refractivity contribution >= 4 is 29.6 Å². The predicted molar refractivity (Wildman–Crippen MR) is 118 cm³/mol. The molecule has 0 radical (unpaired) electrons. The van der Waals surface area contributed by atoms with E-state index in [1.165, 1.54) is 6.08 Å². The van der Waals surface area contributed by atoms with Gasteiger partial charge in [-0.25, -0.2) is 14.4 Å². The first kappa shape index (κ1) is 20.3. The number of aryl methyl sites for hydroxylation is 3. The van der Waals surface area contributed by atoms with Gasteiger partial charge in [0, 0.05) is 11.3 Å². The van der Waals surface area contributed by atoms with Gasteiger partial charge in [-0.15, -0.1) is 0 Å². The van der Waals surface area contributed by atoms with Crippen LogP contribution in [0, 0.1) is 27.7 Å². The normalized spacial score (nSPS) is 15.5. The molecule has 1 fully saturated rings. The summed E-state index contributed by atoms with van der Waals surface area (Å²) < 4.78 is 1.77. The summed E-state index contributed by atoms with van der Waals surface area (Å²) in [4.78, 5) is 39.1. The van der Waals surface area contributed by atoms with Crippen LogP contribution in [0.1, 0.15) is 28.1 Å². The highest BCUT2D eigenvalue weighted by atomic mass is 16.2. The molecule has 7 nitrogen and oxygen atoms in total. The molecule has 0 bridgehead atoms. The van der Waals surface area contributed by atoms with E-state index >= 15 is 0 Å². The number of hydrogen-bond acceptors (Lipinski definition) is 4. The number of carbonyl (C=O) groups excluding carboxylic acids is 3. The lowest BCUT2D eigenvalue weighted by Gasteiger charge is -2.26. The van der Waals surface area contributed by atoms with Crippen molar-refractivity contribution in [2.75, 3.05) is 4.90 Å². The zero-order valence-corrected chi connectivity index (χ0v) is 17.8. The van der Waals surface area contributed by atoms with Crippen LogP contribution in [0.4, 0.5) is 10.5 Å². The molecule has 2 heterocycles. The highest BCUT2D eigenvalue weighted by Gasteiger charge is 2.37. The van der Waals surface area contributed by atoms with Crippen LogP contribution in [0.25, 0.3) is 11.8 Å². The van der Waals surface area contributed by atoms with E-state index in [4.69, 9.17) is 0 Å². The topological polar surface area (TPSA) is 84.3 Å². The highest BCUT2D eigenvalue weighted by molar-refractivity contribution is 6.39. The Hall–Kier alpha value is -4.00. The van der Waals surface area contributed by atoms with Crippen LogP contribution in [-0.4, -0.2) is 27.6 Å². The molecule has 1 aliphatic rings. The second-order valence-electron chi connectivity index (χ2n) is 7.63. The standard InChI is InChI=1S/C24H22N4O3/c1-14-8-10-18(11-9-14)28-17(4)20(16(3)26-28)13-21-22(29)25-24(31)27(23(21)30)19-7-5-6-15(2)12-19/h5-13H,1-4H3,(H,25,29,31)/b21-13+. The molecule has 7 heteroatoms. The Morgan fingerprint density at radius 1 is 0.871 bits per heavy atom. The number of hydrogen-bond donors (Lipinski definition) is 1. The second kappa shape index (κ2) is 7.68. The number of rotatable bonds is 3. The lowest BCUT2D eigenvalue weighted by atomic mass is 10.1. The van der Waals surface area contributed by atoms with Crippen LogP contribution in [0.5, 0.6) is 0 Å². The van der Waals surface area contributed by atoms with Gasteiger partial charge in [-0.05, 0) is 63.6 Å². The van der Waals surface area contributed by atoms with Crippen LogP contribution in [0.15, 0.2) is 54.1 Å². The molecule has 1 aliphatic heterocycles. The Morgan fingerprint density at radius 3 is 2.26 bits per heavy atom. The summed E-state index contributed by atoms with van der Waals surface area (Å²) in [5, 5.41) is 6.84. The Kier molecular flexibility index (Phi) is 5.02. The minimum atomic E-state index is -0.762. The Morgan fingerprint density at radius 2 is 1.58 bits per heavy atom. The molecule has 0 spiro atoms. The number of aromatic nitrogens is 2. The summed E-state index contributed by atoms with van der Waals surface area (Å²) in [6.07, 6.45) is 1.51. The Balaban J connectivity index is 1.77. The molecule has 0 atom stereocenters. The molecule has 156 valence electrons. The average Bonchev–Trinajstić information content (AvgIpc) is 2.99. The number of anilines is 1.